The number of ether oxygens (including phenoxy) is 2. The molecule has 0 radical (unpaired) electrons. The van der Waals surface area contributed by atoms with Gasteiger partial charge in [-0.05, 0) is 52.1 Å². The Balaban J connectivity index is 0.00000361. The molecule has 0 aromatic heterocycles. The first-order valence-electron chi connectivity index (χ1n) is 6.78. The lowest BCUT2D eigenvalue weighted by Gasteiger charge is -2.30. The van der Waals surface area contributed by atoms with E-state index in [2.05, 4.69) is 21.2 Å². The summed E-state index contributed by atoms with van der Waals surface area (Å²) in [6.07, 6.45) is 2.32. The van der Waals surface area contributed by atoms with Crippen molar-refractivity contribution >= 4 is 40.3 Å². The molecule has 0 aromatic carbocycles. The van der Waals surface area contributed by atoms with Gasteiger partial charge in [0, 0.05) is 0 Å². The lowest BCUT2D eigenvalue weighted by Crippen LogP contribution is -2.46. The van der Waals surface area contributed by atoms with E-state index in [0.29, 0.717) is 12.3 Å². The summed E-state index contributed by atoms with van der Waals surface area (Å²) in [5.74, 6) is -0.784. The van der Waals surface area contributed by atoms with Gasteiger partial charge in [0.25, 0.3) is 0 Å². The largest absolute Gasteiger partial charge is 0.465 e. The van der Waals surface area contributed by atoms with Crippen molar-refractivity contribution in [3.63, 3.8) is 0 Å². The van der Waals surface area contributed by atoms with E-state index in [9.17, 15) is 9.59 Å². The van der Waals surface area contributed by atoms with Gasteiger partial charge in [0.1, 0.15) is 0 Å². The molecule has 0 aliphatic carbocycles. The van der Waals surface area contributed by atoms with Gasteiger partial charge >= 0.3 is 11.9 Å². The van der Waals surface area contributed by atoms with E-state index < -0.39 is 16.3 Å². The molecule has 0 spiro atoms. The molecule has 1 aliphatic rings. The summed E-state index contributed by atoms with van der Waals surface area (Å²) in [7, 11) is 0. The maximum absolute atomic E-state index is 12.1. The summed E-state index contributed by atoms with van der Waals surface area (Å²) in [6.45, 7) is 5.77. The van der Waals surface area contributed by atoms with Gasteiger partial charge in [0.15, 0.2) is 0 Å². The van der Waals surface area contributed by atoms with Gasteiger partial charge in [0.2, 0.25) is 4.32 Å². The Morgan fingerprint density at radius 3 is 2.00 bits per heavy atom. The van der Waals surface area contributed by atoms with Crippen LogP contribution in [0.25, 0.3) is 0 Å². The van der Waals surface area contributed by atoms with Gasteiger partial charge in [-0.15, -0.1) is 12.4 Å². The number of alkyl halides is 1. The van der Waals surface area contributed by atoms with Crippen LogP contribution in [0.5, 0.6) is 0 Å². The molecule has 118 valence electrons. The van der Waals surface area contributed by atoms with Crippen LogP contribution in [-0.4, -0.2) is 42.6 Å². The number of hydrogen-bond donors (Lipinski definition) is 1. The van der Waals surface area contributed by atoms with Crippen molar-refractivity contribution in [2.24, 2.45) is 5.92 Å². The topological polar surface area (TPSA) is 64.6 Å². The minimum absolute atomic E-state index is 0. The fourth-order valence-electron chi connectivity index (χ4n) is 2.22. The van der Waals surface area contributed by atoms with E-state index in [4.69, 9.17) is 9.47 Å². The summed E-state index contributed by atoms with van der Waals surface area (Å²) in [4.78, 5) is 24.1. The first kappa shape index (κ1) is 19.7. The SMILES string of the molecule is CCOC(=O)C(Br)(CC1CCNCC1)C(=O)OCC.Cl. The molecule has 1 N–H and O–H groups in total. The van der Waals surface area contributed by atoms with Crippen molar-refractivity contribution in [3.05, 3.63) is 0 Å². The molecule has 0 atom stereocenters. The summed E-state index contributed by atoms with van der Waals surface area (Å²) >= 11 is 3.28. The van der Waals surface area contributed by atoms with Crippen LogP contribution in [0.4, 0.5) is 0 Å². The summed E-state index contributed by atoms with van der Waals surface area (Å²) in [5.41, 5.74) is 0. The van der Waals surface area contributed by atoms with E-state index >= 15 is 0 Å². The molecule has 7 heteroatoms. The number of carbonyl (C=O) groups excluding carboxylic acids is 2. The second kappa shape index (κ2) is 9.58. The van der Waals surface area contributed by atoms with Crippen LogP contribution >= 0.6 is 28.3 Å². The first-order chi connectivity index (χ1) is 9.04. The van der Waals surface area contributed by atoms with Crippen LogP contribution < -0.4 is 5.32 Å². The molecule has 0 aromatic rings. The standard InChI is InChI=1S/C13H22BrNO4.ClH/c1-3-18-11(16)13(14,12(17)19-4-2)9-10-5-7-15-8-6-10;/h10,15H,3-9H2,1-2H3;1H. The van der Waals surface area contributed by atoms with Crippen molar-refractivity contribution in [2.75, 3.05) is 26.3 Å². The average molecular weight is 373 g/mol. The van der Waals surface area contributed by atoms with Gasteiger partial charge < -0.3 is 14.8 Å². The van der Waals surface area contributed by atoms with E-state index in [0.717, 1.165) is 25.9 Å². The molecule has 1 saturated heterocycles. The Hall–Kier alpha value is -0.330. The van der Waals surface area contributed by atoms with Crippen molar-refractivity contribution < 1.29 is 19.1 Å². The van der Waals surface area contributed by atoms with Gasteiger partial charge in [0.05, 0.1) is 13.2 Å². The molecule has 1 aliphatic heterocycles. The van der Waals surface area contributed by atoms with Gasteiger partial charge in [-0.25, -0.2) is 9.59 Å². The molecule has 0 saturated carbocycles. The predicted molar refractivity (Wildman–Crippen MR) is 82.4 cm³/mol. The lowest BCUT2D eigenvalue weighted by atomic mass is 9.87. The third kappa shape index (κ3) is 5.22. The molecule has 20 heavy (non-hydrogen) atoms. The van der Waals surface area contributed by atoms with Crippen LogP contribution in [0, 0.1) is 5.92 Å². The van der Waals surface area contributed by atoms with E-state index in [1.54, 1.807) is 13.8 Å². The van der Waals surface area contributed by atoms with Crippen LogP contribution in [0.2, 0.25) is 0 Å². The van der Waals surface area contributed by atoms with Crippen molar-refractivity contribution in [3.8, 4) is 0 Å². The van der Waals surface area contributed by atoms with Crippen molar-refractivity contribution in [2.45, 2.75) is 37.4 Å². The van der Waals surface area contributed by atoms with Gasteiger partial charge in [-0.3, -0.25) is 0 Å². The Morgan fingerprint density at radius 2 is 1.60 bits per heavy atom. The molecule has 0 bridgehead atoms. The average Bonchev–Trinajstić information content (AvgIpc) is 2.40. The maximum atomic E-state index is 12.1. The number of halogens is 2. The van der Waals surface area contributed by atoms with Crippen molar-refractivity contribution in [1.82, 2.24) is 5.32 Å². The summed E-state index contributed by atoms with van der Waals surface area (Å²) in [6, 6.07) is 0. The Kier molecular flexibility index (Phi) is 9.42. The van der Waals surface area contributed by atoms with Crippen LogP contribution in [0.3, 0.4) is 0 Å². The van der Waals surface area contributed by atoms with Gasteiger partial charge in [-0.1, -0.05) is 15.9 Å². The first-order valence-corrected chi connectivity index (χ1v) is 7.58. The van der Waals surface area contributed by atoms with Gasteiger partial charge in [-0.2, -0.15) is 0 Å². The highest BCUT2D eigenvalue weighted by Gasteiger charge is 2.48. The Morgan fingerprint density at radius 1 is 1.15 bits per heavy atom. The Bertz CT molecular complexity index is 303. The highest BCUT2D eigenvalue weighted by atomic mass is 79.9. The normalized spacial score (nSPS) is 16.1. The highest BCUT2D eigenvalue weighted by molar-refractivity contribution is 9.10. The van der Waals surface area contributed by atoms with E-state index in [1.807, 2.05) is 0 Å². The minimum atomic E-state index is -1.36. The number of nitrogens with one attached hydrogen (secondary N) is 1. The van der Waals surface area contributed by atoms with Crippen molar-refractivity contribution in [1.29, 1.82) is 0 Å². The molecule has 0 amide bonds. The second-order valence-corrected chi connectivity index (χ2v) is 5.99. The van der Waals surface area contributed by atoms with Crippen LogP contribution in [0.1, 0.15) is 33.1 Å². The smallest absolute Gasteiger partial charge is 0.334 e. The van der Waals surface area contributed by atoms with E-state index in [1.165, 1.54) is 0 Å². The summed E-state index contributed by atoms with van der Waals surface area (Å²) < 4.78 is 8.67. The number of hydrogen-bond acceptors (Lipinski definition) is 5. The molecule has 0 unspecified atom stereocenters. The molecular formula is C13H23BrClNO4. The molecular weight excluding hydrogens is 350 g/mol. The zero-order chi connectivity index (χ0) is 14.3. The monoisotopic (exact) mass is 371 g/mol. The Labute approximate surface area is 134 Å². The fraction of sp³-hybridized carbons (Fsp3) is 0.846. The fourth-order valence-corrected chi connectivity index (χ4v) is 2.91. The van der Waals surface area contributed by atoms with Crippen LogP contribution in [-0.2, 0) is 19.1 Å². The van der Waals surface area contributed by atoms with E-state index in [-0.39, 0.29) is 25.6 Å². The molecule has 1 heterocycles. The minimum Gasteiger partial charge on any atom is -0.465 e. The number of piperidine rings is 1. The second-order valence-electron chi connectivity index (χ2n) is 4.64. The third-order valence-electron chi connectivity index (χ3n) is 3.23. The number of esters is 2. The molecule has 5 nitrogen and oxygen atoms in total. The number of carbonyl (C=O) groups is 2. The predicted octanol–water partition coefficient (Wildman–Crippen LogP) is 2.06. The third-order valence-corrected chi connectivity index (χ3v) is 4.20. The molecule has 1 rings (SSSR count). The molecule has 1 fully saturated rings. The van der Waals surface area contributed by atoms with Crippen LogP contribution in [0.15, 0.2) is 0 Å². The zero-order valence-corrected chi connectivity index (χ0v) is 14.3. The summed E-state index contributed by atoms with van der Waals surface area (Å²) in [5, 5.41) is 3.26. The number of rotatable bonds is 6. The quantitative estimate of drug-likeness (QED) is 0.439. The maximum Gasteiger partial charge on any atom is 0.334 e. The zero-order valence-electron chi connectivity index (χ0n) is 11.9. The highest BCUT2D eigenvalue weighted by Crippen LogP contribution is 2.33. The lowest BCUT2D eigenvalue weighted by molar-refractivity contribution is -0.159.